The second kappa shape index (κ2) is 9.74. The highest BCUT2D eigenvalue weighted by Gasteiger charge is 2.30. The van der Waals surface area contributed by atoms with Crippen molar-refractivity contribution in [1.29, 1.82) is 0 Å². The molecule has 0 spiro atoms. The fourth-order valence-electron chi connectivity index (χ4n) is 2.17. The van der Waals surface area contributed by atoms with E-state index >= 15 is 0 Å². The minimum atomic E-state index is -4.63. The van der Waals surface area contributed by atoms with Crippen molar-refractivity contribution in [2.75, 3.05) is 31.0 Å². The van der Waals surface area contributed by atoms with Crippen molar-refractivity contribution in [3.63, 3.8) is 0 Å². The number of methoxy groups -OCH3 is 1. The van der Waals surface area contributed by atoms with Gasteiger partial charge in [0.25, 0.3) is 0 Å². The molecule has 0 aliphatic carbocycles. The van der Waals surface area contributed by atoms with E-state index in [0.29, 0.717) is 11.4 Å². The molecule has 0 unspecified atom stereocenters. The van der Waals surface area contributed by atoms with Gasteiger partial charge in [-0.25, -0.2) is 0 Å². The lowest BCUT2D eigenvalue weighted by atomic mass is 10.2. The van der Waals surface area contributed by atoms with Crippen LogP contribution in [0, 0.1) is 0 Å². The average Bonchev–Trinajstić information content (AvgIpc) is 2.64. The predicted octanol–water partition coefficient (Wildman–Crippen LogP) is 5.39. The van der Waals surface area contributed by atoms with Crippen LogP contribution in [0.2, 0.25) is 0 Å². The van der Waals surface area contributed by atoms with Gasteiger partial charge in [0.1, 0.15) is 17.2 Å². The van der Waals surface area contributed by atoms with E-state index in [1.54, 1.807) is 24.3 Å². The fourth-order valence-corrected chi connectivity index (χ4v) is 2.40. The summed E-state index contributed by atoms with van der Waals surface area (Å²) in [5.74, 6) is -0.234. The zero-order valence-electron chi connectivity index (χ0n) is 15.4. The molecule has 2 N–H and O–H groups in total. The predicted molar refractivity (Wildman–Crippen MR) is 102 cm³/mol. The van der Waals surface area contributed by atoms with Crippen molar-refractivity contribution in [2.45, 2.75) is 12.4 Å². The minimum absolute atomic E-state index is 0.00856. The summed E-state index contributed by atoms with van der Waals surface area (Å²) in [6.45, 7) is -3.25. The number of halogens is 6. The van der Waals surface area contributed by atoms with Crippen molar-refractivity contribution in [3.05, 3.63) is 42.5 Å². The Bertz CT molecular complexity index is 837. The van der Waals surface area contributed by atoms with Gasteiger partial charge in [0.15, 0.2) is 18.3 Å². The Labute approximate surface area is 172 Å². The molecule has 0 bridgehead atoms. The molecule has 5 nitrogen and oxygen atoms in total. The third kappa shape index (κ3) is 8.23. The molecule has 0 atom stereocenters. The number of ether oxygens (including phenoxy) is 3. The zero-order valence-corrected chi connectivity index (χ0v) is 16.2. The molecule has 2 rings (SSSR count). The first-order valence-corrected chi connectivity index (χ1v) is 8.61. The number of nitrogens with one attached hydrogen (secondary N) is 2. The van der Waals surface area contributed by atoms with Crippen LogP contribution in [0.1, 0.15) is 0 Å². The largest absolute Gasteiger partial charge is 0.495 e. The molecule has 0 aliphatic heterocycles. The number of hydrogen-bond acceptors (Lipinski definition) is 4. The van der Waals surface area contributed by atoms with Crippen LogP contribution in [0.3, 0.4) is 0 Å². The average molecular weight is 454 g/mol. The highest BCUT2D eigenvalue weighted by Crippen LogP contribution is 2.30. The first-order valence-electron chi connectivity index (χ1n) is 8.20. The molecule has 164 valence electrons. The van der Waals surface area contributed by atoms with Gasteiger partial charge in [-0.15, -0.1) is 0 Å². The normalized spacial score (nSPS) is 11.6. The van der Waals surface area contributed by atoms with E-state index in [2.05, 4.69) is 20.1 Å². The molecule has 0 saturated carbocycles. The van der Waals surface area contributed by atoms with Gasteiger partial charge in [0.05, 0.1) is 12.8 Å². The summed E-state index contributed by atoms with van der Waals surface area (Å²) in [5, 5.41) is 5.48. The van der Waals surface area contributed by atoms with E-state index in [1.165, 1.54) is 7.11 Å². The molecule has 2 aromatic rings. The molecular formula is C18H16F6N2O3S. The van der Waals surface area contributed by atoms with Crippen LogP contribution in [0.25, 0.3) is 0 Å². The quantitative estimate of drug-likeness (QED) is 0.433. The second-order valence-electron chi connectivity index (χ2n) is 5.78. The van der Waals surface area contributed by atoms with Crippen LogP contribution in [0.15, 0.2) is 42.5 Å². The van der Waals surface area contributed by atoms with E-state index in [0.717, 1.165) is 18.2 Å². The monoisotopic (exact) mass is 454 g/mol. The maximum Gasteiger partial charge on any atom is 0.422 e. The third-order valence-electron chi connectivity index (χ3n) is 3.30. The maximum atomic E-state index is 12.4. The molecule has 0 fully saturated rings. The van der Waals surface area contributed by atoms with Crippen LogP contribution in [0.4, 0.5) is 37.7 Å². The van der Waals surface area contributed by atoms with Gasteiger partial charge in [0.2, 0.25) is 0 Å². The molecule has 0 amide bonds. The number of benzene rings is 2. The van der Waals surface area contributed by atoms with E-state index in [9.17, 15) is 26.3 Å². The van der Waals surface area contributed by atoms with Crippen LogP contribution in [-0.2, 0) is 0 Å². The Hall–Kier alpha value is -2.89. The molecule has 0 aliphatic rings. The van der Waals surface area contributed by atoms with Crippen molar-refractivity contribution >= 4 is 28.7 Å². The van der Waals surface area contributed by atoms with Crippen molar-refractivity contribution < 1.29 is 40.6 Å². The smallest absolute Gasteiger partial charge is 0.422 e. The SMILES string of the molecule is COc1ccccc1NC(=S)Nc1cc(OCC(F)(F)F)cc(OCC(F)(F)F)c1. The van der Waals surface area contributed by atoms with E-state index in [-0.39, 0.29) is 22.3 Å². The first-order chi connectivity index (χ1) is 13.9. The highest BCUT2D eigenvalue weighted by molar-refractivity contribution is 7.80. The van der Waals surface area contributed by atoms with Crippen LogP contribution < -0.4 is 24.8 Å². The molecule has 12 heteroatoms. The number of anilines is 2. The summed E-state index contributed by atoms with van der Waals surface area (Å²) in [6.07, 6.45) is -9.26. The Kier molecular flexibility index (Phi) is 7.59. The first kappa shape index (κ1) is 23.4. The summed E-state index contributed by atoms with van der Waals surface area (Å²) in [5.41, 5.74) is 0.551. The van der Waals surface area contributed by atoms with Crippen molar-refractivity contribution in [2.24, 2.45) is 0 Å². The summed E-state index contributed by atoms with van der Waals surface area (Å²) in [7, 11) is 1.45. The molecule has 30 heavy (non-hydrogen) atoms. The molecule has 0 saturated heterocycles. The van der Waals surface area contributed by atoms with Gasteiger partial charge < -0.3 is 24.8 Å². The molecule has 0 heterocycles. The number of hydrogen-bond donors (Lipinski definition) is 2. The summed E-state index contributed by atoms with van der Waals surface area (Å²) < 4.78 is 88.8. The lowest BCUT2D eigenvalue weighted by Crippen LogP contribution is -2.21. The van der Waals surface area contributed by atoms with Crippen molar-refractivity contribution in [1.82, 2.24) is 0 Å². The second-order valence-corrected chi connectivity index (χ2v) is 6.19. The van der Waals surface area contributed by atoms with Gasteiger partial charge in [-0.1, -0.05) is 12.1 Å². The summed E-state index contributed by atoms with van der Waals surface area (Å²) >= 11 is 5.14. The van der Waals surface area contributed by atoms with Gasteiger partial charge >= 0.3 is 12.4 Å². The van der Waals surface area contributed by atoms with E-state index in [4.69, 9.17) is 17.0 Å². The number of thiocarbonyl (C=S) groups is 1. The summed E-state index contributed by atoms with van der Waals surface area (Å²) in [6, 6.07) is 9.96. The van der Waals surface area contributed by atoms with Gasteiger partial charge in [0, 0.05) is 23.9 Å². The Balaban J connectivity index is 2.18. The number of para-hydroxylation sites is 2. The van der Waals surface area contributed by atoms with Gasteiger partial charge in [-0.05, 0) is 24.4 Å². The fraction of sp³-hybridized carbons (Fsp3) is 0.278. The minimum Gasteiger partial charge on any atom is -0.495 e. The van der Waals surface area contributed by atoms with E-state index < -0.39 is 25.6 Å². The Morgan fingerprint density at radius 1 is 0.867 bits per heavy atom. The molecule has 2 aromatic carbocycles. The third-order valence-corrected chi connectivity index (χ3v) is 3.50. The van der Waals surface area contributed by atoms with Crippen LogP contribution >= 0.6 is 12.2 Å². The molecular weight excluding hydrogens is 438 g/mol. The zero-order chi connectivity index (χ0) is 22.4. The van der Waals surface area contributed by atoms with E-state index in [1.807, 2.05) is 0 Å². The van der Waals surface area contributed by atoms with Gasteiger partial charge in [-0.2, -0.15) is 26.3 Å². The Morgan fingerprint density at radius 2 is 1.40 bits per heavy atom. The topological polar surface area (TPSA) is 51.8 Å². The molecule has 0 aromatic heterocycles. The molecule has 0 radical (unpaired) electrons. The van der Waals surface area contributed by atoms with Gasteiger partial charge in [-0.3, -0.25) is 0 Å². The maximum absolute atomic E-state index is 12.4. The van der Waals surface area contributed by atoms with Crippen LogP contribution in [0.5, 0.6) is 17.2 Å². The number of rotatable bonds is 7. The standard InChI is InChI=1S/C18H16F6N2O3S/c1-27-15-5-3-2-4-14(15)26-16(30)25-11-6-12(28-9-17(19,20)21)8-13(7-11)29-10-18(22,23)24/h2-8H,9-10H2,1H3,(H2,25,26,30). The lowest BCUT2D eigenvalue weighted by molar-refractivity contribution is -0.153. The number of alkyl halides is 6. The summed E-state index contributed by atoms with van der Waals surface area (Å²) in [4.78, 5) is 0. The van der Waals surface area contributed by atoms with Crippen molar-refractivity contribution in [3.8, 4) is 17.2 Å². The Morgan fingerprint density at radius 3 is 1.90 bits per heavy atom. The highest BCUT2D eigenvalue weighted by atomic mass is 32.1. The van der Waals surface area contributed by atoms with Crippen LogP contribution in [-0.4, -0.2) is 37.8 Å². The lowest BCUT2D eigenvalue weighted by Gasteiger charge is -2.16.